The van der Waals surface area contributed by atoms with Crippen molar-refractivity contribution in [3.05, 3.63) is 24.5 Å². The normalized spacial score (nSPS) is 19.7. The number of anilines is 1. The van der Waals surface area contributed by atoms with Gasteiger partial charge in [0.2, 0.25) is 5.91 Å². The lowest BCUT2D eigenvalue weighted by Gasteiger charge is -2.16. The monoisotopic (exact) mass is 253 g/mol. The first-order valence-electron chi connectivity index (χ1n) is 5.77. The highest BCUT2D eigenvalue weighted by molar-refractivity contribution is 6.18. The van der Waals surface area contributed by atoms with E-state index in [0.29, 0.717) is 18.2 Å². The second-order valence-corrected chi connectivity index (χ2v) is 4.54. The quantitative estimate of drug-likeness (QED) is 0.811. The summed E-state index contributed by atoms with van der Waals surface area (Å²) in [6.45, 7) is 2.28. The third-order valence-electron chi connectivity index (χ3n) is 2.90. The van der Waals surface area contributed by atoms with E-state index >= 15 is 0 Å². The first kappa shape index (κ1) is 12.2. The highest BCUT2D eigenvalue weighted by atomic mass is 35.5. The molecule has 17 heavy (non-hydrogen) atoms. The number of nitrogens with one attached hydrogen (secondary N) is 1. The summed E-state index contributed by atoms with van der Waals surface area (Å²) in [7, 11) is 0. The van der Waals surface area contributed by atoms with E-state index in [1.807, 2.05) is 17.0 Å². The number of rotatable bonds is 5. The van der Waals surface area contributed by atoms with E-state index < -0.39 is 0 Å². The number of carbonyl (C=O) groups is 1. The van der Waals surface area contributed by atoms with Crippen molar-refractivity contribution in [1.82, 2.24) is 9.88 Å². The third kappa shape index (κ3) is 3.33. The van der Waals surface area contributed by atoms with Crippen molar-refractivity contribution in [1.29, 1.82) is 0 Å². The molecule has 1 saturated heterocycles. The van der Waals surface area contributed by atoms with Gasteiger partial charge in [-0.25, -0.2) is 0 Å². The van der Waals surface area contributed by atoms with Gasteiger partial charge < -0.3 is 10.2 Å². The first-order valence-corrected chi connectivity index (χ1v) is 6.30. The molecule has 0 aromatic carbocycles. The van der Waals surface area contributed by atoms with Crippen LogP contribution in [0, 0.1) is 5.92 Å². The highest BCUT2D eigenvalue weighted by Gasteiger charge is 2.28. The fraction of sp³-hybridized carbons (Fsp3) is 0.500. The molecule has 1 aromatic heterocycles. The first-order chi connectivity index (χ1) is 8.29. The molecule has 1 aromatic rings. The van der Waals surface area contributed by atoms with Crippen LogP contribution in [0.1, 0.15) is 6.42 Å². The second-order valence-electron chi connectivity index (χ2n) is 4.23. The summed E-state index contributed by atoms with van der Waals surface area (Å²) in [6.07, 6.45) is 4.08. The van der Waals surface area contributed by atoms with Crippen molar-refractivity contribution in [2.75, 3.05) is 30.8 Å². The lowest BCUT2D eigenvalue weighted by atomic mass is 10.1. The number of pyridine rings is 1. The maximum atomic E-state index is 11.6. The summed E-state index contributed by atoms with van der Waals surface area (Å²) in [4.78, 5) is 17.4. The van der Waals surface area contributed by atoms with Crippen LogP contribution in [0.2, 0.25) is 0 Å². The SMILES string of the molecule is O=C1CC(CCl)CN1CCNc1ccncc1. The molecule has 4 nitrogen and oxygen atoms in total. The minimum atomic E-state index is 0.215. The molecule has 0 saturated carbocycles. The largest absolute Gasteiger partial charge is 0.383 e. The number of hydrogen-bond acceptors (Lipinski definition) is 3. The van der Waals surface area contributed by atoms with Gasteiger partial charge in [-0.3, -0.25) is 9.78 Å². The Morgan fingerprint density at radius 3 is 2.88 bits per heavy atom. The van der Waals surface area contributed by atoms with E-state index in [9.17, 15) is 4.79 Å². The summed E-state index contributed by atoms with van der Waals surface area (Å²) < 4.78 is 0. The van der Waals surface area contributed by atoms with Crippen LogP contribution in [0.15, 0.2) is 24.5 Å². The molecule has 0 aliphatic carbocycles. The van der Waals surface area contributed by atoms with E-state index in [0.717, 1.165) is 25.3 Å². The zero-order valence-corrected chi connectivity index (χ0v) is 10.4. The summed E-state index contributed by atoms with van der Waals surface area (Å²) in [6, 6.07) is 3.82. The number of aromatic nitrogens is 1. The predicted octanol–water partition coefficient (Wildman–Crippen LogP) is 1.58. The molecule has 92 valence electrons. The van der Waals surface area contributed by atoms with Crippen LogP contribution in [-0.2, 0) is 4.79 Å². The summed E-state index contributed by atoms with van der Waals surface area (Å²) in [5, 5.41) is 3.26. The fourth-order valence-electron chi connectivity index (χ4n) is 1.98. The van der Waals surface area contributed by atoms with Crippen molar-refractivity contribution >= 4 is 23.2 Å². The van der Waals surface area contributed by atoms with Gasteiger partial charge in [0.1, 0.15) is 0 Å². The van der Waals surface area contributed by atoms with Gasteiger partial charge in [0.25, 0.3) is 0 Å². The lowest BCUT2D eigenvalue weighted by Crippen LogP contribution is -2.30. The molecule has 5 heteroatoms. The van der Waals surface area contributed by atoms with Crippen LogP contribution >= 0.6 is 11.6 Å². The minimum Gasteiger partial charge on any atom is -0.383 e. The molecular weight excluding hydrogens is 238 g/mol. The standard InChI is InChI=1S/C12H16ClN3O/c13-8-10-7-12(17)16(9-10)6-5-15-11-1-3-14-4-2-11/h1-4,10H,5-9H2,(H,14,15). The van der Waals surface area contributed by atoms with Crippen molar-refractivity contribution in [3.63, 3.8) is 0 Å². The topological polar surface area (TPSA) is 45.2 Å². The summed E-state index contributed by atoms with van der Waals surface area (Å²) in [5.74, 6) is 1.11. The molecule has 1 N–H and O–H groups in total. The Kier molecular flexibility index (Phi) is 4.20. The van der Waals surface area contributed by atoms with Crippen LogP contribution in [0.25, 0.3) is 0 Å². The van der Waals surface area contributed by atoms with Crippen LogP contribution < -0.4 is 5.32 Å². The van der Waals surface area contributed by atoms with Gasteiger partial charge in [-0.2, -0.15) is 0 Å². The molecule has 0 spiro atoms. The third-order valence-corrected chi connectivity index (χ3v) is 3.34. The van der Waals surface area contributed by atoms with Gasteiger partial charge in [0.15, 0.2) is 0 Å². The van der Waals surface area contributed by atoms with Crippen molar-refractivity contribution in [2.45, 2.75) is 6.42 Å². The molecule has 1 aliphatic heterocycles. The van der Waals surface area contributed by atoms with E-state index in [1.54, 1.807) is 12.4 Å². The number of carbonyl (C=O) groups excluding carboxylic acids is 1. The lowest BCUT2D eigenvalue weighted by molar-refractivity contribution is -0.127. The van der Waals surface area contributed by atoms with Gasteiger partial charge in [-0.05, 0) is 18.1 Å². The second kappa shape index (κ2) is 5.87. The Bertz CT molecular complexity index is 371. The van der Waals surface area contributed by atoms with Gasteiger partial charge in [-0.1, -0.05) is 0 Å². The molecule has 1 unspecified atom stereocenters. The van der Waals surface area contributed by atoms with Gasteiger partial charge in [-0.15, -0.1) is 11.6 Å². The van der Waals surface area contributed by atoms with Gasteiger partial charge in [0, 0.05) is 50.0 Å². The fourth-order valence-corrected chi connectivity index (χ4v) is 2.19. The maximum Gasteiger partial charge on any atom is 0.223 e. The summed E-state index contributed by atoms with van der Waals surface area (Å²) >= 11 is 5.77. The predicted molar refractivity (Wildman–Crippen MR) is 68.1 cm³/mol. The van der Waals surface area contributed by atoms with Crippen LogP contribution in [0.3, 0.4) is 0 Å². The molecule has 1 amide bonds. The smallest absolute Gasteiger partial charge is 0.223 e. The van der Waals surface area contributed by atoms with Crippen molar-refractivity contribution in [2.24, 2.45) is 5.92 Å². The van der Waals surface area contributed by atoms with Crippen LogP contribution in [0.5, 0.6) is 0 Å². The van der Waals surface area contributed by atoms with Crippen LogP contribution in [0.4, 0.5) is 5.69 Å². The van der Waals surface area contributed by atoms with Crippen molar-refractivity contribution < 1.29 is 4.79 Å². The number of halogens is 1. The Morgan fingerprint density at radius 1 is 1.47 bits per heavy atom. The van der Waals surface area contributed by atoms with E-state index in [4.69, 9.17) is 11.6 Å². The molecule has 1 fully saturated rings. The maximum absolute atomic E-state index is 11.6. The van der Waals surface area contributed by atoms with Crippen LogP contribution in [-0.4, -0.2) is 41.3 Å². The molecule has 1 atom stereocenters. The molecule has 0 radical (unpaired) electrons. The Labute approximate surface area is 106 Å². The minimum absolute atomic E-state index is 0.215. The van der Waals surface area contributed by atoms with E-state index in [2.05, 4.69) is 10.3 Å². The number of hydrogen-bond donors (Lipinski definition) is 1. The average molecular weight is 254 g/mol. The highest BCUT2D eigenvalue weighted by Crippen LogP contribution is 2.18. The molecule has 1 aliphatic rings. The molecule has 2 heterocycles. The number of nitrogens with zero attached hydrogens (tertiary/aromatic N) is 2. The Hall–Kier alpha value is -1.29. The molecular formula is C12H16ClN3O. The zero-order chi connectivity index (χ0) is 12.1. The van der Waals surface area contributed by atoms with Gasteiger partial charge in [0.05, 0.1) is 0 Å². The van der Waals surface area contributed by atoms with E-state index in [1.165, 1.54) is 0 Å². The molecule has 2 rings (SSSR count). The Morgan fingerprint density at radius 2 is 2.24 bits per heavy atom. The summed E-state index contributed by atoms with van der Waals surface area (Å²) in [5.41, 5.74) is 1.03. The molecule has 0 bridgehead atoms. The Balaban J connectivity index is 1.74. The zero-order valence-electron chi connectivity index (χ0n) is 9.60. The van der Waals surface area contributed by atoms with E-state index in [-0.39, 0.29) is 5.91 Å². The van der Waals surface area contributed by atoms with Gasteiger partial charge >= 0.3 is 0 Å². The number of likely N-dealkylation sites (tertiary alicyclic amines) is 1. The number of alkyl halides is 1. The van der Waals surface area contributed by atoms with Crippen molar-refractivity contribution in [3.8, 4) is 0 Å². The number of amides is 1. The average Bonchev–Trinajstić information content (AvgIpc) is 2.72.